The number of rotatable bonds is 5. The van der Waals surface area contributed by atoms with Crippen molar-refractivity contribution in [1.29, 1.82) is 0 Å². The van der Waals surface area contributed by atoms with Crippen molar-refractivity contribution >= 4 is 18.3 Å². The standard InChI is InChI=1S/C18H24N4O.ClH/c1-18(13-19)9-10-21(14-18)17(23)8-7-15-11-20-22(12-15)16-5-3-2-4-6-16;/h2-6,11-12H,7-10,13-14,19H2,1H3;1H. The Morgan fingerprint density at radius 1 is 1.33 bits per heavy atom. The van der Waals surface area contributed by atoms with Gasteiger partial charge < -0.3 is 10.6 Å². The fourth-order valence-corrected chi connectivity index (χ4v) is 3.02. The minimum Gasteiger partial charge on any atom is -0.342 e. The molecule has 1 amide bonds. The highest BCUT2D eigenvalue weighted by Crippen LogP contribution is 2.28. The zero-order valence-electron chi connectivity index (χ0n) is 14.0. The number of hydrogen-bond donors (Lipinski definition) is 1. The first-order valence-electron chi connectivity index (χ1n) is 8.16. The smallest absolute Gasteiger partial charge is 0.222 e. The number of para-hydroxylation sites is 1. The van der Waals surface area contributed by atoms with Crippen LogP contribution in [0.1, 0.15) is 25.3 Å². The molecule has 0 spiro atoms. The number of carbonyl (C=O) groups is 1. The minimum atomic E-state index is 0. The van der Waals surface area contributed by atoms with Gasteiger partial charge in [-0.15, -0.1) is 12.4 Å². The molecule has 1 atom stereocenters. The molecule has 1 aromatic carbocycles. The predicted octanol–water partition coefficient (Wildman–Crippen LogP) is 2.42. The predicted molar refractivity (Wildman–Crippen MR) is 97.5 cm³/mol. The molecule has 5 nitrogen and oxygen atoms in total. The van der Waals surface area contributed by atoms with Crippen molar-refractivity contribution in [1.82, 2.24) is 14.7 Å². The van der Waals surface area contributed by atoms with Crippen LogP contribution in [-0.2, 0) is 11.2 Å². The highest BCUT2D eigenvalue weighted by atomic mass is 35.5. The van der Waals surface area contributed by atoms with Crippen molar-refractivity contribution in [3.05, 3.63) is 48.3 Å². The number of halogens is 1. The van der Waals surface area contributed by atoms with Crippen molar-refractivity contribution < 1.29 is 4.79 Å². The topological polar surface area (TPSA) is 64.2 Å². The Labute approximate surface area is 149 Å². The molecule has 2 heterocycles. The molecule has 0 bridgehead atoms. The monoisotopic (exact) mass is 348 g/mol. The molecule has 24 heavy (non-hydrogen) atoms. The van der Waals surface area contributed by atoms with Gasteiger partial charge in [0.25, 0.3) is 0 Å². The number of carbonyl (C=O) groups excluding carboxylic acids is 1. The molecule has 6 heteroatoms. The van der Waals surface area contributed by atoms with E-state index in [1.165, 1.54) is 0 Å². The van der Waals surface area contributed by atoms with E-state index in [-0.39, 0.29) is 23.7 Å². The van der Waals surface area contributed by atoms with Gasteiger partial charge in [0, 0.05) is 25.7 Å². The van der Waals surface area contributed by atoms with Gasteiger partial charge in [-0.05, 0) is 42.5 Å². The largest absolute Gasteiger partial charge is 0.342 e. The minimum absolute atomic E-state index is 0. The van der Waals surface area contributed by atoms with E-state index in [4.69, 9.17) is 5.73 Å². The molecule has 2 N–H and O–H groups in total. The molecule has 1 fully saturated rings. The maximum absolute atomic E-state index is 12.4. The van der Waals surface area contributed by atoms with E-state index in [1.807, 2.05) is 52.3 Å². The Morgan fingerprint density at radius 2 is 2.08 bits per heavy atom. The van der Waals surface area contributed by atoms with Crippen molar-refractivity contribution in [3.8, 4) is 5.69 Å². The van der Waals surface area contributed by atoms with Crippen molar-refractivity contribution in [3.63, 3.8) is 0 Å². The van der Waals surface area contributed by atoms with E-state index < -0.39 is 0 Å². The van der Waals surface area contributed by atoms with Crippen LogP contribution in [0, 0.1) is 5.41 Å². The maximum atomic E-state index is 12.4. The number of amides is 1. The number of aryl methyl sites for hydroxylation is 1. The molecule has 1 unspecified atom stereocenters. The van der Waals surface area contributed by atoms with Crippen LogP contribution in [0.3, 0.4) is 0 Å². The third-order valence-electron chi connectivity index (χ3n) is 4.69. The SMILES string of the molecule is CC1(CN)CCN(C(=O)CCc2cnn(-c3ccccc3)c2)C1.Cl. The molecule has 2 aromatic rings. The van der Waals surface area contributed by atoms with Gasteiger partial charge in [0.1, 0.15) is 0 Å². The van der Waals surface area contributed by atoms with Gasteiger partial charge in [0.05, 0.1) is 11.9 Å². The lowest BCUT2D eigenvalue weighted by Gasteiger charge is -2.22. The van der Waals surface area contributed by atoms with Gasteiger partial charge >= 0.3 is 0 Å². The molecule has 0 radical (unpaired) electrons. The summed E-state index contributed by atoms with van der Waals surface area (Å²) in [7, 11) is 0. The lowest BCUT2D eigenvalue weighted by Crippen LogP contribution is -2.34. The first-order valence-corrected chi connectivity index (χ1v) is 8.16. The Bertz CT molecular complexity index is 673. The van der Waals surface area contributed by atoms with E-state index in [0.29, 0.717) is 13.0 Å². The van der Waals surface area contributed by atoms with E-state index in [2.05, 4.69) is 12.0 Å². The summed E-state index contributed by atoms with van der Waals surface area (Å²) in [6, 6.07) is 9.99. The summed E-state index contributed by atoms with van der Waals surface area (Å²) >= 11 is 0. The Morgan fingerprint density at radius 3 is 2.75 bits per heavy atom. The summed E-state index contributed by atoms with van der Waals surface area (Å²) in [5, 5.41) is 4.37. The van der Waals surface area contributed by atoms with Crippen LogP contribution in [0.2, 0.25) is 0 Å². The second-order valence-electron chi connectivity index (χ2n) is 6.71. The lowest BCUT2D eigenvalue weighted by molar-refractivity contribution is -0.130. The number of nitrogens with zero attached hydrogens (tertiary/aromatic N) is 3. The molecule has 0 aliphatic carbocycles. The molecule has 1 aliphatic heterocycles. The number of benzene rings is 1. The van der Waals surface area contributed by atoms with Gasteiger partial charge in [-0.3, -0.25) is 4.79 Å². The van der Waals surface area contributed by atoms with E-state index >= 15 is 0 Å². The second kappa shape index (κ2) is 7.81. The summed E-state index contributed by atoms with van der Waals surface area (Å²) in [5.41, 5.74) is 8.01. The van der Waals surface area contributed by atoms with Gasteiger partial charge in [-0.2, -0.15) is 5.10 Å². The summed E-state index contributed by atoms with van der Waals surface area (Å²) in [6.45, 7) is 4.41. The van der Waals surface area contributed by atoms with Gasteiger partial charge in [-0.1, -0.05) is 25.1 Å². The van der Waals surface area contributed by atoms with Gasteiger partial charge in [0.15, 0.2) is 0 Å². The zero-order chi connectivity index (χ0) is 16.3. The average molecular weight is 349 g/mol. The van der Waals surface area contributed by atoms with Crippen LogP contribution in [0.25, 0.3) is 5.69 Å². The van der Waals surface area contributed by atoms with E-state index in [0.717, 1.165) is 37.2 Å². The molecular weight excluding hydrogens is 324 g/mol. The summed E-state index contributed by atoms with van der Waals surface area (Å²) in [4.78, 5) is 14.3. The van der Waals surface area contributed by atoms with Crippen molar-refractivity contribution in [2.75, 3.05) is 19.6 Å². The number of nitrogens with two attached hydrogens (primary N) is 1. The van der Waals surface area contributed by atoms with Gasteiger partial charge in [0.2, 0.25) is 5.91 Å². The molecule has 1 aromatic heterocycles. The van der Waals surface area contributed by atoms with Crippen LogP contribution >= 0.6 is 12.4 Å². The molecule has 3 rings (SSSR count). The molecule has 130 valence electrons. The van der Waals surface area contributed by atoms with Gasteiger partial charge in [-0.25, -0.2) is 4.68 Å². The average Bonchev–Trinajstić information content (AvgIpc) is 3.21. The first-order chi connectivity index (χ1) is 11.1. The number of likely N-dealkylation sites (tertiary alicyclic amines) is 1. The highest BCUT2D eigenvalue weighted by Gasteiger charge is 2.34. The van der Waals surface area contributed by atoms with E-state index in [9.17, 15) is 4.79 Å². The van der Waals surface area contributed by atoms with Crippen molar-refractivity contribution in [2.24, 2.45) is 11.1 Å². The Balaban J connectivity index is 0.00000208. The van der Waals surface area contributed by atoms with Crippen LogP contribution in [0.5, 0.6) is 0 Å². The summed E-state index contributed by atoms with van der Waals surface area (Å²) < 4.78 is 1.85. The third-order valence-corrected chi connectivity index (χ3v) is 4.69. The fraction of sp³-hybridized carbons (Fsp3) is 0.444. The van der Waals surface area contributed by atoms with Crippen molar-refractivity contribution in [2.45, 2.75) is 26.2 Å². The zero-order valence-corrected chi connectivity index (χ0v) is 14.8. The summed E-state index contributed by atoms with van der Waals surface area (Å²) in [6.07, 6.45) is 6.09. The van der Waals surface area contributed by atoms with E-state index in [1.54, 1.807) is 0 Å². The quantitative estimate of drug-likeness (QED) is 0.902. The van der Waals surface area contributed by atoms with Crippen LogP contribution in [0.4, 0.5) is 0 Å². The van der Waals surface area contributed by atoms with Crippen LogP contribution < -0.4 is 5.73 Å². The van der Waals surface area contributed by atoms with Crippen LogP contribution in [-0.4, -0.2) is 40.2 Å². The fourth-order valence-electron chi connectivity index (χ4n) is 3.02. The molecular formula is C18H25ClN4O. The molecule has 1 saturated heterocycles. The highest BCUT2D eigenvalue weighted by molar-refractivity contribution is 5.85. The first kappa shape index (κ1) is 18.5. The Hall–Kier alpha value is -1.85. The normalized spacial score (nSPS) is 20.0. The molecule has 1 aliphatic rings. The Kier molecular flexibility index (Phi) is 6.02. The molecule has 0 saturated carbocycles. The summed E-state index contributed by atoms with van der Waals surface area (Å²) in [5.74, 6) is 0.217. The number of hydrogen-bond acceptors (Lipinski definition) is 3. The third kappa shape index (κ3) is 4.16. The lowest BCUT2D eigenvalue weighted by atomic mass is 9.90. The second-order valence-corrected chi connectivity index (χ2v) is 6.71. The number of aromatic nitrogens is 2. The van der Waals surface area contributed by atoms with Crippen LogP contribution in [0.15, 0.2) is 42.7 Å². The maximum Gasteiger partial charge on any atom is 0.222 e.